The lowest BCUT2D eigenvalue weighted by atomic mass is 10.1. The van der Waals surface area contributed by atoms with E-state index in [9.17, 15) is 9.18 Å². The molecule has 122 valence electrons. The molecule has 1 aromatic carbocycles. The third kappa shape index (κ3) is 4.27. The van der Waals surface area contributed by atoms with E-state index in [0.29, 0.717) is 5.75 Å². The molecular weight excluding hydrogens is 327 g/mol. The molecule has 2 aliphatic rings. The van der Waals surface area contributed by atoms with Gasteiger partial charge < -0.3 is 9.64 Å². The first-order valence-electron chi connectivity index (χ1n) is 7.24. The molecule has 2 heterocycles. The van der Waals surface area contributed by atoms with Gasteiger partial charge >= 0.3 is 0 Å². The van der Waals surface area contributed by atoms with Crippen molar-refractivity contribution in [3.05, 3.63) is 30.1 Å². The summed E-state index contributed by atoms with van der Waals surface area (Å²) in [7, 11) is 0. The maximum Gasteiger partial charge on any atom is 0.240 e. The SMILES string of the molecule is Cl.O=C(C1CSCN1)N1CCC(Oc2ccc(F)cc2)CC1. The van der Waals surface area contributed by atoms with Crippen molar-refractivity contribution in [1.82, 2.24) is 10.2 Å². The molecule has 2 fully saturated rings. The van der Waals surface area contributed by atoms with E-state index >= 15 is 0 Å². The fraction of sp³-hybridized carbons (Fsp3) is 0.533. The smallest absolute Gasteiger partial charge is 0.240 e. The third-order valence-electron chi connectivity index (χ3n) is 3.88. The van der Waals surface area contributed by atoms with Crippen molar-refractivity contribution in [2.75, 3.05) is 24.7 Å². The van der Waals surface area contributed by atoms with Crippen LogP contribution in [0.15, 0.2) is 24.3 Å². The number of piperidine rings is 1. The van der Waals surface area contributed by atoms with Gasteiger partial charge in [-0.05, 0) is 24.3 Å². The monoisotopic (exact) mass is 346 g/mol. The number of carbonyl (C=O) groups excluding carboxylic acids is 1. The Morgan fingerprint density at radius 1 is 1.27 bits per heavy atom. The molecule has 0 bridgehead atoms. The van der Waals surface area contributed by atoms with Crippen molar-refractivity contribution in [3.8, 4) is 5.75 Å². The molecule has 0 aliphatic carbocycles. The Kier molecular flexibility index (Phi) is 6.35. The summed E-state index contributed by atoms with van der Waals surface area (Å²) in [6.07, 6.45) is 1.75. The number of thioether (sulfide) groups is 1. The summed E-state index contributed by atoms with van der Waals surface area (Å²) < 4.78 is 18.7. The van der Waals surface area contributed by atoms with Gasteiger partial charge in [-0.2, -0.15) is 0 Å². The van der Waals surface area contributed by atoms with Crippen molar-refractivity contribution in [1.29, 1.82) is 0 Å². The van der Waals surface area contributed by atoms with E-state index < -0.39 is 0 Å². The summed E-state index contributed by atoms with van der Waals surface area (Å²) >= 11 is 1.76. The van der Waals surface area contributed by atoms with Gasteiger partial charge in [-0.3, -0.25) is 10.1 Å². The molecular formula is C15H20ClFN2O2S. The molecule has 0 aromatic heterocycles. The predicted molar refractivity (Wildman–Crippen MR) is 88.1 cm³/mol. The lowest BCUT2D eigenvalue weighted by Crippen LogP contribution is -2.49. The van der Waals surface area contributed by atoms with Gasteiger partial charge in [0.05, 0.1) is 6.04 Å². The second kappa shape index (κ2) is 8.04. The zero-order valence-corrected chi connectivity index (χ0v) is 13.8. The summed E-state index contributed by atoms with van der Waals surface area (Å²) in [6.45, 7) is 1.46. The highest BCUT2D eigenvalue weighted by Gasteiger charge is 2.30. The van der Waals surface area contributed by atoms with Crippen LogP contribution >= 0.6 is 24.2 Å². The topological polar surface area (TPSA) is 41.6 Å². The van der Waals surface area contributed by atoms with Crippen molar-refractivity contribution in [2.24, 2.45) is 0 Å². The number of hydrogen-bond donors (Lipinski definition) is 1. The number of carbonyl (C=O) groups is 1. The van der Waals surface area contributed by atoms with Crippen LogP contribution in [0.4, 0.5) is 4.39 Å². The number of hydrogen-bond acceptors (Lipinski definition) is 4. The second-order valence-corrected chi connectivity index (χ2v) is 6.40. The number of amides is 1. The minimum atomic E-state index is -0.260. The Morgan fingerprint density at radius 3 is 2.55 bits per heavy atom. The number of benzene rings is 1. The average molecular weight is 347 g/mol. The van der Waals surface area contributed by atoms with Gasteiger partial charge in [-0.1, -0.05) is 0 Å². The first kappa shape index (κ1) is 17.4. The summed E-state index contributed by atoms with van der Waals surface area (Å²) in [5.74, 6) is 2.37. The number of nitrogens with zero attached hydrogens (tertiary/aromatic N) is 1. The molecule has 0 radical (unpaired) electrons. The number of halogens is 2. The van der Waals surface area contributed by atoms with Crippen molar-refractivity contribution >= 4 is 30.1 Å². The minimum Gasteiger partial charge on any atom is -0.490 e. The van der Waals surface area contributed by atoms with Gasteiger partial charge in [0, 0.05) is 37.6 Å². The summed E-state index contributed by atoms with van der Waals surface area (Å²) in [5.41, 5.74) is 0. The normalized spacial score (nSPS) is 22.2. The highest BCUT2D eigenvalue weighted by Crippen LogP contribution is 2.21. The molecule has 0 saturated carbocycles. The van der Waals surface area contributed by atoms with E-state index in [0.717, 1.165) is 37.6 Å². The third-order valence-corrected chi connectivity index (χ3v) is 4.82. The predicted octanol–water partition coefficient (Wildman–Crippen LogP) is 2.28. The van der Waals surface area contributed by atoms with Gasteiger partial charge in [0.2, 0.25) is 5.91 Å². The average Bonchev–Trinajstić information content (AvgIpc) is 3.04. The van der Waals surface area contributed by atoms with E-state index in [-0.39, 0.29) is 36.3 Å². The number of ether oxygens (including phenoxy) is 1. The first-order valence-corrected chi connectivity index (χ1v) is 8.40. The molecule has 1 amide bonds. The molecule has 7 heteroatoms. The Hall–Kier alpha value is -0.980. The molecule has 2 aliphatic heterocycles. The highest BCUT2D eigenvalue weighted by molar-refractivity contribution is 7.99. The van der Waals surface area contributed by atoms with Crippen molar-refractivity contribution in [2.45, 2.75) is 25.0 Å². The Morgan fingerprint density at radius 2 is 1.95 bits per heavy atom. The number of likely N-dealkylation sites (tertiary alicyclic amines) is 1. The second-order valence-electron chi connectivity index (χ2n) is 5.37. The van der Waals surface area contributed by atoms with E-state index in [1.165, 1.54) is 12.1 Å². The van der Waals surface area contributed by atoms with E-state index in [2.05, 4.69) is 5.32 Å². The van der Waals surface area contributed by atoms with Crippen molar-refractivity contribution < 1.29 is 13.9 Å². The van der Waals surface area contributed by atoms with Gasteiger partial charge in [0.15, 0.2) is 0 Å². The molecule has 2 saturated heterocycles. The molecule has 0 spiro atoms. The Bertz CT molecular complexity index is 489. The highest BCUT2D eigenvalue weighted by atomic mass is 35.5. The Labute approximate surface area is 140 Å². The van der Waals surface area contributed by atoms with Crippen LogP contribution in [0.1, 0.15) is 12.8 Å². The van der Waals surface area contributed by atoms with Gasteiger partial charge in [-0.25, -0.2) is 4.39 Å². The quantitative estimate of drug-likeness (QED) is 0.911. The molecule has 1 aromatic rings. The zero-order chi connectivity index (χ0) is 14.7. The van der Waals surface area contributed by atoms with Crippen LogP contribution < -0.4 is 10.1 Å². The van der Waals surface area contributed by atoms with E-state index in [1.807, 2.05) is 4.90 Å². The van der Waals surface area contributed by atoms with Crippen LogP contribution in [-0.2, 0) is 4.79 Å². The van der Waals surface area contributed by atoms with Gasteiger partial charge in [0.25, 0.3) is 0 Å². The number of nitrogens with one attached hydrogen (secondary N) is 1. The lowest BCUT2D eigenvalue weighted by molar-refractivity contribution is -0.134. The van der Waals surface area contributed by atoms with Crippen molar-refractivity contribution in [3.63, 3.8) is 0 Å². The van der Waals surface area contributed by atoms with Crippen LogP contribution in [0.5, 0.6) is 5.75 Å². The zero-order valence-electron chi connectivity index (χ0n) is 12.2. The summed E-state index contributed by atoms with van der Waals surface area (Å²) in [5, 5.41) is 3.21. The maximum absolute atomic E-state index is 12.8. The fourth-order valence-corrected chi connectivity index (χ4v) is 3.61. The van der Waals surface area contributed by atoms with Crippen LogP contribution in [0.25, 0.3) is 0 Å². The van der Waals surface area contributed by atoms with Crippen LogP contribution in [0.2, 0.25) is 0 Å². The molecule has 3 rings (SSSR count). The van der Waals surface area contributed by atoms with Crippen LogP contribution in [0, 0.1) is 5.82 Å². The molecule has 22 heavy (non-hydrogen) atoms. The summed E-state index contributed by atoms with van der Waals surface area (Å²) in [6, 6.07) is 6.07. The number of rotatable bonds is 3. The Balaban J connectivity index is 0.00000176. The van der Waals surface area contributed by atoms with Gasteiger partial charge in [0.1, 0.15) is 17.7 Å². The van der Waals surface area contributed by atoms with Crippen LogP contribution in [0.3, 0.4) is 0 Å². The molecule has 1 N–H and O–H groups in total. The minimum absolute atomic E-state index is 0. The maximum atomic E-state index is 12.8. The lowest BCUT2D eigenvalue weighted by Gasteiger charge is -2.33. The van der Waals surface area contributed by atoms with E-state index in [1.54, 1.807) is 23.9 Å². The standard InChI is InChI=1S/C15H19FN2O2S.ClH/c16-11-1-3-12(4-2-11)20-13-5-7-18(8-6-13)15(19)14-9-21-10-17-14;/h1-4,13-14,17H,5-10H2;1H. The van der Waals surface area contributed by atoms with Gasteiger partial charge in [-0.15, -0.1) is 24.2 Å². The first-order chi connectivity index (χ1) is 10.2. The molecule has 1 atom stereocenters. The molecule has 1 unspecified atom stereocenters. The molecule has 4 nitrogen and oxygen atoms in total. The fourth-order valence-electron chi connectivity index (χ4n) is 2.67. The van der Waals surface area contributed by atoms with E-state index in [4.69, 9.17) is 4.74 Å². The largest absolute Gasteiger partial charge is 0.490 e. The summed E-state index contributed by atoms with van der Waals surface area (Å²) in [4.78, 5) is 14.2. The van der Waals surface area contributed by atoms with Crippen LogP contribution in [-0.4, -0.2) is 47.7 Å².